The van der Waals surface area contributed by atoms with Crippen molar-refractivity contribution in [3.63, 3.8) is 0 Å². The molecule has 2 unspecified atom stereocenters. The zero-order valence-electron chi connectivity index (χ0n) is 10.6. The Morgan fingerprint density at radius 3 is 2.47 bits per heavy atom. The van der Waals surface area contributed by atoms with Gasteiger partial charge in [-0.05, 0) is 24.0 Å². The monoisotopic (exact) mass is 249 g/mol. The van der Waals surface area contributed by atoms with Crippen molar-refractivity contribution < 1.29 is 5.11 Å². The average molecular weight is 249 g/mol. The zero-order chi connectivity index (χ0) is 13.3. The fourth-order valence-corrected chi connectivity index (χ4v) is 2.97. The molecule has 2 aromatic rings. The number of rotatable bonds is 1. The third-order valence-electron chi connectivity index (χ3n) is 3.96. The topological polar surface area (TPSA) is 44.0 Å². The second-order valence-corrected chi connectivity index (χ2v) is 5.06. The van der Waals surface area contributed by atoms with E-state index in [1.165, 1.54) is 5.56 Å². The summed E-state index contributed by atoms with van der Waals surface area (Å²) in [7, 11) is 0. The Kier molecular flexibility index (Phi) is 2.85. The van der Waals surface area contributed by atoms with Gasteiger partial charge >= 0.3 is 0 Å². The van der Waals surface area contributed by atoms with E-state index < -0.39 is 5.60 Å². The molecular formula is C17H15NO. The molecule has 0 spiro atoms. The van der Waals surface area contributed by atoms with Gasteiger partial charge in [-0.2, -0.15) is 5.26 Å². The molecule has 0 fully saturated rings. The first-order valence-corrected chi connectivity index (χ1v) is 6.52. The third-order valence-corrected chi connectivity index (χ3v) is 3.96. The van der Waals surface area contributed by atoms with Gasteiger partial charge in [-0.3, -0.25) is 0 Å². The van der Waals surface area contributed by atoms with E-state index >= 15 is 0 Å². The largest absolute Gasteiger partial charge is 0.371 e. The molecule has 2 aromatic carbocycles. The van der Waals surface area contributed by atoms with Crippen molar-refractivity contribution in [3.8, 4) is 6.07 Å². The summed E-state index contributed by atoms with van der Waals surface area (Å²) in [6, 6.07) is 20.1. The van der Waals surface area contributed by atoms with E-state index in [1.54, 1.807) is 0 Å². The smallest absolute Gasteiger partial charge is 0.176 e. The van der Waals surface area contributed by atoms with E-state index in [0.29, 0.717) is 6.42 Å². The highest BCUT2D eigenvalue weighted by molar-refractivity contribution is 5.45. The Morgan fingerprint density at radius 2 is 1.74 bits per heavy atom. The minimum absolute atomic E-state index is 0.269. The van der Waals surface area contributed by atoms with Gasteiger partial charge in [-0.1, -0.05) is 54.6 Å². The number of nitrogens with zero attached hydrogens (tertiary/aromatic N) is 1. The Labute approximate surface area is 112 Å². The lowest BCUT2D eigenvalue weighted by molar-refractivity contribution is 0.0754. The molecule has 2 heteroatoms. The van der Waals surface area contributed by atoms with E-state index in [4.69, 9.17) is 0 Å². The van der Waals surface area contributed by atoms with Crippen LogP contribution in [0.15, 0.2) is 54.6 Å². The molecule has 3 rings (SSSR count). The van der Waals surface area contributed by atoms with Crippen LogP contribution in [0.4, 0.5) is 0 Å². The first-order chi connectivity index (χ1) is 9.24. The van der Waals surface area contributed by atoms with Gasteiger partial charge in [0.25, 0.3) is 0 Å². The van der Waals surface area contributed by atoms with Gasteiger partial charge in [0, 0.05) is 11.5 Å². The van der Waals surface area contributed by atoms with Crippen molar-refractivity contribution >= 4 is 0 Å². The van der Waals surface area contributed by atoms with E-state index in [1.807, 2.05) is 42.5 Å². The van der Waals surface area contributed by atoms with Crippen LogP contribution in [0.25, 0.3) is 0 Å². The fraction of sp³-hybridized carbons (Fsp3) is 0.235. The highest BCUT2D eigenvalue weighted by Gasteiger charge is 2.38. The predicted octanol–water partition coefficient (Wildman–Crippen LogP) is 3.32. The lowest BCUT2D eigenvalue weighted by Gasteiger charge is -2.34. The lowest BCUT2D eigenvalue weighted by Crippen LogP contribution is -2.30. The lowest BCUT2D eigenvalue weighted by atomic mass is 9.72. The first-order valence-electron chi connectivity index (χ1n) is 6.52. The maximum absolute atomic E-state index is 10.4. The molecule has 0 amide bonds. The van der Waals surface area contributed by atoms with Gasteiger partial charge in [-0.15, -0.1) is 0 Å². The summed E-state index contributed by atoms with van der Waals surface area (Å²) >= 11 is 0. The molecule has 1 N–H and O–H groups in total. The third kappa shape index (κ3) is 1.93. The second kappa shape index (κ2) is 4.53. The number of hydrogen-bond acceptors (Lipinski definition) is 2. The maximum Gasteiger partial charge on any atom is 0.176 e. The van der Waals surface area contributed by atoms with Crippen LogP contribution < -0.4 is 0 Å². The minimum Gasteiger partial charge on any atom is -0.371 e. The molecule has 2 nitrogen and oxygen atoms in total. The van der Waals surface area contributed by atoms with Crippen LogP contribution in [0.1, 0.15) is 35.4 Å². The van der Waals surface area contributed by atoms with Gasteiger partial charge in [0.15, 0.2) is 5.60 Å². The molecule has 2 atom stereocenters. The summed E-state index contributed by atoms with van der Waals surface area (Å²) < 4.78 is 0. The summed E-state index contributed by atoms with van der Waals surface area (Å²) in [6.07, 6.45) is 1.28. The summed E-state index contributed by atoms with van der Waals surface area (Å²) in [5.41, 5.74) is 1.75. The number of fused-ring (bicyclic) bond motifs is 1. The Morgan fingerprint density at radius 1 is 1.05 bits per heavy atom. The predicted molar refractivity (Wildman–Crippen MR) is 73.5 cm³/mol. The highest BCUT2D eigenvalue weighted by Crippen LogP contribution is 2.43. The van der Waals surface area contributed by atoms with Crippen molar-refractivity contribution in [2.45, 2.75) is 24.4 Å². The Bertz CT molecular complexity index is 629. The fourth-order valence-electron chi connectivity index (χ4n) is 2.97. The Balaban J connectivity index is 2.13. The van der Waals surface area contributed by atoms with Gasteiger partial charge in [-0.25, -0.2) is 0 Å². The molecule has 19 heavy (non-hydrogen) atoms. The quantitative estimate of drug-likeness (QED) is 0.788. The van der Waals surface area contributed by atoms with Crippen LogP contribution in [0, 0.1) is 11.3 Å². The van der Waals surface area contributed by atoms with E-state index in [9.17, 15) is 10.4 Å². The van der Waals surface area contributed by atoms with Crippen molar-refractivity contribution in [1.29, 1.82) is 5.26 Å². The van der Waals surface area contributed by atoms with Gasteiger partial charge in [0.05, 0.1) is 0 Å². The highest BCUT2D eigenvalue weighted by atomic mass is 16.3. The van der Waals surface area contributed by atoms with Crippen LogP contribution in [0.3, 0.4) is 0 Å². The molecule has 0 aliphatic heterocycles. The molecule has 0 radical (unpaired) electrons. The minimum atomic E-state index is -1.33. The maximum atomic E-state index is 10.4. The number of nitriles is 1. The van der Waals surface area contributed by atoms with Crippen molar-refractivity contribution in [3.05, 3.63) is 71.3 Å². The van der Waals surface area contributed by atoms with Gasteiger partial charge in [0.2, 0.25) is 0 Å². The van der Waals surface area contributed by atoms with E-state index in [-0.39, 0.29) is 5.92 Å². The summed E-state index contributed by atoms with van der Waals surface area (Å²) in [5, 5.41) is 19.7. The van der Waals surface area contributed by atoms with Crippen LogP contribution in [0.5, 0.6) is 0 Å². The normalized spacial score (nSPS) is 25.4. The average Bonchev–Trinajstić information content (AvgIpc) is 2.49. The van der Waals surface area contributed by atoms with E-state index in [0.717, 1.165) is 17.5 Å². The van der Waals surface area contributed by atoms with Crippen LogP contribution in [0.2, 0.25) is 0 Å². The Hall–Kier alpha value is -2.11. The number of hydrogen-bond donors (Lipinski definition) is 1. The zero-order valence-corrected chi connectivity index (χ0v) is 10.6. The second-order valence-electron chi connectivity index (χ2n) is 5.06. The molecule has 0 bridgehead atoms. The molecule has 1 aliphatic rings. The summed E-state index contributed by atoms with van der Waals surface area (Å²) in [6.45, 7) is 0. The summed E-state index contributed by atoms with van der Waals surface area (Å²) in [4.78, 5) is 0. The van der Waals surface area contributed by atoms with Gasteiger partial charge in [0.1, 0.15) is 6.07 Å². The van der Waals surface area contributed by atoms with Crippen molar-refractivity contribution in [1.82, 2.24) is 0 Å². The van der Waals surface area contributed by atoms with Gasteiger partial charge < -0.3 is 5.11 Å². The number of benzene rings is 2. The van der Waals surface area contributed by atoms with Crippen molar-refractivity contribution in [2.24, 2.45) is 0 Å². The summed E-state index contributed by atoms with van der Waals surface area (Å²) in [5.74, 6) is 0.269. The molecule has 0 saturated heterocycles. The first kappa shape index (κ1) is 12.0. The molecule has 1 aliphatic carbocycles. The van der Waals surface area contributed by atoms with E-state index in [2.05, 4.69) is 18.2 Å². The number of aliphatic hydroxyl groups is 1. The van der Waals surface area contributed by atoms with Crippen LogP contribution in [-0.4, -0.2) is 5.11 Å². The van der Waals surface area contributed by atoms with Crippen LogP contribution >= 0.6 is 0 Å². The standard InChI is InChI=1S/C17H15NO/c18-12-17(19)11-10-14(13-6-2-1-3-7-13)15-8-4-5-9-16(15)17/h1-9,14,19H,10-11H2. The molecular weight excluding hydrogens is 234 g/mol. The van der Waals surface area contributed by atoms with Crippen molar-refractivity contribution in [2.75, 3.05) is 0 Å². The SMILES string of the molecule is N#CC1(O)CCC(c2ccccc2)c2ccccc21. The molecule has 94 valence electrons. The molecule has 0 saturated carbocycles. The molecule has 0 aromatic heterocycles. The van der Waals surface area contributed by atoms with Crippen LogP contribution in [-0.2, 0) is 5.60 Å². The molecule has 0 heterocycles.